The highest BCUT2D eigenvalue weighted by Crippen LogP contribution is 2.45. The lowest BCUT2D eigenvalue weighted by atomic mass is 9.96. The van der Waals surface area contributed by atoms with Crippen LogP contribution in [0.25, 0.3) is 22.0 Å². The second kappa shape index (κ2) is 6.88. The van der Waals surface area contributed by atoms with Gasteiger partial charge in [-0.05, 0) is 37.0 Å². The molecule has 1 saturated heterocycles. The summed E-state index contributed by atoms with van der Waals surface area (Å²) in [5.41, 5.74) is 4.07. The first kappa shape index (κ1) is 19.2. The first-order chi connectivity index (χ1) is 14.3. The molecule has 1 aromatic carbocycles. The van der Waals surface area contributed by atoms with E-state index in [1.165, 1.54) is 6.26 Å². The number of aromatic nitrogens is 3. The molecule has 30 heavy (non-hydrogen) atoms. The number of H-pyrrole nitrogens is 1. The SMILES string of the molecule is Cc1cc(-c2c(C(=O)NC3COC3)ncc3n[nH]c(C4CC4)c23)ccc1S(C)(=O)=O. The molecule has 2 aliphatic rings. The van der Waals surface area contributed by atoms with Gasteiger partial charge in [-0.25, -0.2) is 13.4 Å². The van der Waals surface area contributed by atoms with Crippen molar-refractivity contribution in [1.82, 2.24) is 20.5 Å². The van der Waals surface area contributed by atoms with Crippen molar-refractivity contribution in [3.8, 4) is 11.1 Å². The van der Waals surface area contributed by atoms with Crippen molar-refractivity contribution in [3.63, 3.8) is 0 Å². The van der Waals surface area contributed by atoms with Crippen LogP contribution in [-0.2, 0) is 14.6 Å². The van der Waals surface area contributed by atoms with Crippen LogP contribution in [0.3, 0.4) is 0 Å². The summed E-state index contributed by atoms with van der Waals surface area (Å²) in [6, 6.07) is 5.12. The Morgan fingerprint density at radius 2 is 2.03 bits per heavy atom. The topological polar surface area (TPSA) is 114 Å². The molecule has 3 aromatic rings. The second-order valence-electron chi connectivity index (χ2n) is 8.11. The molecule has 5 rings (SSSR count). The first-order valence-electron chi connectivity index (χ1n) is 9.89. The molecule has 1 aliphatic carbocycles. The monoisotopic (exact) mass is 426 g/mol. The van der Waals surface area contributed by atoms with Crippen molar-refractivity contribution in [2.75, 3.05) is 19.5 Å². The Morgan fingerprint density at radius 1 is 1.27 bits per heavy atom. The van der Waals surface area contributed by atoms with Crippen LogP contribution in [0.5, 0.6) is 0 Å². The van der Waals surface area contributed by atoms with Gasteiger partial charge in [-0.3, -0.25) is 9.89 Å². The molecule has 1 amide bonds. The molecular formula is C21H22N4O4S. The Morgan fingerprint density at radius 3 is 2.63 bits per heavy atom. The molecule has 9 heteroatoms. The summed E-state index contributed by atoms with van der Waals surface area (Å²) in [6.45, 7) is 2.74. The van der Waals surface area contributed by atoms with E-state index in [0.29, 0.717) is 41.5 Å². The predicted molar refractivity (Wildman–Crippen MR) is 111 cm³/mol. The standard InChI is InChI=1S/C21H22N4O4S/c1-11-7-13(5-6-16(11)30(2,27)28)17-18-15(24-25-19(18)12-3-4-12)8-22-20(17)21(26)23-14-9-29-10-14/h5-8,12,14H,3-4,9-10H2,1-2H3,(H,23,26)(H,24,25). The zero-order valence-corrected chi connectivity index (χ0v) is 17.5. The van der Waals surface area contributed by atoms with Gasteiger partial charge in [0, 0.05) is 28.8 Å². The van der Waals surface area contributed by atoms with Crippen molar-refractivity contribution in [1.29, 1.82) is 0 Å². The van der Waals surface area contributed by atoms with E-state index < -0.39 is 9.84 Å². The fraction of sp³-hybridized carbons (Fsp3) is 0.381. The average Bonchev–Trinajstić information content (AvgIpc) is 3.41. The van der Waals surface area contributed by atoms with Crippen LogP contribution in [0.2, 0.25) is 0 Å². The number of aromatic amines is 1. The molecule has 8 nitrogen and oxygen atoms in total. The van der Waals surface area contributed by atoms with Crippen LogP contribution >= 0.6 is 0 Å². The minimum atomic E-state index is -3.34. The zero-order chi connectivity index (χ0) is 21.0. The van der Waals surface area contributed by atoms with Gasteiger partial charge in [0.15, 0.2) is 9.84 Å². The Labute approximate surface area is 174 Å². The molecule has 3 heterocycles. The molecule has 156 valence electrons. The van der Waals surface area contributed by atoms with Gasteiger partial charge in [-0.2, -0.15) is 5.10 Å². The van der Waals surface area contributed by atoms with Gasteiger partial charge in [0.25, 0.3) is 5.91 Å². The number of ether oxygens (including phenoxy) is 1. The van der Waals surface area contributed by atoms with Crippen LogP contribution in [0.15, 0.2) is 29.3 Å². The summed E-state index contributed by atoms with van der Waals surface area (Å²) >= 11 is 0. The number of carbonyl (C=O) groups excluding carboxylic acids is 1. The summed E-state index contributed by atoms with van der Waals surface area (Å²) in [5.74, 6) is 0.122. The second-order valence-corrected chi connectivity index (χ2v) is 10.1. The van der Waals surface area contributed by atoms with Gasteiger partial charge in [0.05, 0.1) is 30.3 Å². The number of pyridine rings is 1. The van der Waals surface area contributed by atoms with E-state index in [9.17, 15) is 13.2 Å². The zero-order valence-electron chi connectivity index (χ0n) is 16.7. The van der Waals surface area contributed by atoms with Gasteiger partial charge in [-0.1, -0.05) is 12.1 Å². The highest BCUT2D eigenvalue weighted by Gasteiger charge is 2.31. The number of nitrogens with zero attached hydrogens (tertiary/aromatic N) is 2. The van der Waals surface area contributed by atoms with Crippen LogP contribution in [0.1, 0.15) is 40.5 Å². The number of sulfone groups is 1. The van der Waals surface area contributed by atoms with Crippen molar-refractivity contribution in [3.05, 3.63) is 41.3 Å². The number of aryl methyl sites for hydroxylation is 1. The quantitative estimate of drug-likeness (QED) is 0.647. The third kappa shape index (κ3) is 3.27. The molecule has 1 aliphatic heterocycles. The maximum Gasteiger partial charge on any atom is 0.270 e. The molecule has 0 radical (unpaired) electrons. The number of carbonyl (C=O) groups is 1. The summed E-state index contributed by atoms with van der Waals surface area (Å²) in [6.07, 6.45) is 4.96. The fourth-order valence-electron chi connectivity index (χ4n) is 3.95. The Bertz CT molecular complexity index is 1270. The normalized spacial score (nSPS) is 17.1. The van der Waals surface area contributed by atoms with Crippen LogP contribution < -0.4 is 5.32 Å². The van der Waals surface area contributed by atoms with E-state index in [1.807, 2.05) is 0 Å². The molecule has 0 unspecified atom stereocenters. The molecule has 0 bridgehead atoms. The van der Waals surface area contributed by atoms with E-state index in [-0.39, 0.29) is 16.8 Å². The molecule has 0 atom stereocenters. The Kier molecular flexibility index (Phi) is 4.41. The molecule has 0 spiro atoms. The average molecular weight is 426 g/mol. The number of nitrogens with one attached hydrogen (secondary N) is 2. The maximum absolute atomic E-state index is 13.1. The molecule has 2 fully saturated rings. The lowest BCUT2D eigenvalue weighted by Crippen LogP contribution is -2.48. The fourth-order valence-corrected chi connectivity index (χ4v) is 4.91. The van der Waals surface area contributed by atoms with Crippen molar-refractivity contribution in [2.45, 2.75) is 36.6 Å². The van der Waals surface area contributed by atoms with Gasteiger partial charge >= 0.3 is 0 Å². The number of hydrogen-bond donors (Lipinski definition) is 2. The predicted octanol–water partition coefficient (Wildman–Crippen LogP) is 2.34. The van der Waals surface area contributed by atoms with E-state index in [1.54, 1.807) is 31.3 Å². The highest BCUT2D eigenvalue weighted by molar-refractivity contribution is 7.90. The number of benzene rings is 1. The number of fused-ring (bicyclic) bond motifs is 1. The third-order valence-electron chi connectivity index (χ3n) is 5.66. The molecular weight excluding hydrogens is 404 g/mol. The number of hydrogen-bond acceptors (Lipinski definition) is 6. The van der Waals surface area contributed by atoms with Crippen LogP contribution in [0, 0.1) is 6.92 Å². The largest absolute Gasteiger partial charge is 0.377 e. The minimum absolute atomic E-state index is 0.0237. The van der Waals surface area contributed by atoms with Crippen molar-refractivity contribution < 1.29 is 17.9 Å². The summed E-state index contributed by atoms with van der Waals surface area (Å²) < 4.78 is 29.3. The third-order valence-corrected chi connectivity index (χ3v) is 6.92. The Hall–Kier alpha value is -2.78. The van der Waals surface area contributed by atoms with E-state index >= 15 is 0 Å². The maximum atomic E-state index is 13.1. The smallest absolute Gasteiger partial charge is 0.270 e. The summed E-state index contributed by atoms with van der Waals surface area (Å²) in [4.78, 5) is 17.8. The van der Waals surface area contributed by atoms with Crippen molar-refractivity contribution >= 4 is 26.6 Å². The lowest BCUT2D eigenvalue weighted by Gasteiger charge is -2.27. The first-order valence-corrected chi connectivity index (χ1v) is 11.8. The van der Waals surface area contributed by atoms with Gasteiger partial charge in [-0.15, -0.1) is 0 Å². The van der Waals surface area contributed by atoms with Crippen molar-refractivity contribution in [2.24, 2.45) is 0 Å². The van der Waals surface area contributed by atoms with E-state index in [2.05, 4.69) is 20.5 Å². The lowest BCUT2D eigenvalue weighted by molar-refractivity contribution is -0.00353. The Balaban J connectivity index is 1.71. The summed E-state index contributed by atoms with van der Waals surface area (Å²) in [5, 5.41) is 11.4. The molecule has 2 aromatic heterocycles. The highest BCUT2D eigenvalue weighted by atomic mass is 32.2. The van der Waals surface area contributed by atoms with Crippen LogP contribution in [-0.4, -0.2) is 55.0 Å². The minimum Gasteiger partial charge on any atom is -0.377 e. The number of amides is 1. The van der Waals surface area contributed by atoms with Crippen LogP contribution in [0.4, 0.5) is 0 Å². The van der Waals surface area contributed by atoms with Gasteiger partial charge < -0.3 is 10.1 Å². The van der Waals surface area contributed by atoms with Gasteiger partial charge in [0.1, 0.15) is 11.2 Å². The molecule has 1 saturated carbocycles. The molecule has 2 N–H and O–H groups in total. The van der Waals surface area contributed by atoms with Gasteiger partial charge in [0.2, 0.25) is 0 Å². The summed E-state index contributed by atoms with van der Waals surface area (Å²) in [7, 11) is -3.34. The van der Waals surface area contributed by atoms with E-state index in [0.717, 1.165) is 29.5 Å². The van der Waals surface area contributed by atoms with E-state index in [4.69, 9.17) is 4.74 Å². The number of rotatable bonds is 5.